The summed E-state index contributed by atoms with van der Waals surface area (Å²) in [6, 6.07) is 11.0. The molecule has 1 aromatic carbocycles. The van der Waals surface area contributed by atoms with Gasteiger partial charge in [0, 0.05) is 5.56 Å². The Labute approximate surface area is 151 Å². The monoisotopic (exact) mass is 367 g/mol. The Bertz CT molecular complexity index is 1080. The summed E-state index contributed by atoms with van der Waals surface area (Å²) in [5.41, 5.74) is 8.37. The Morgan fingerprint density at radius 3 is 2.96 bits per heavy atom. The van der Waals surface area contributed by atoms with Crippen molar-refractivity contribution in [1.82, 2.24) is 25.1 Å². The number of hydrogen-bond acceptors (Lipinski definition) is 9. The van der Waals surface area contributed by atoms with Crippen LogP contribution < -0.4 is 5.73 Å². The van der Waals surface area contributed by atoms with Crippen molar-refractivity contribution in [2.45, 2.75) is 6.92 Å². The number of nitrogen functional groups attached to an aromatic ring is 1. The van der Waals surface area contributed by atoms with E-state index in [1.807, 2.05) is 35.7 Å². The summed E-state index contributed by atoms with van der Waals surface area (Å²) in [6.45, 7) is 1.69. The molecular weight excluding hydrogens is 354 g/mol. The van der Waals surface area contributed by atoms with E-state index in [0.29, 0.717) is 22.9 Å². The minimum absolute atomic E-state index is 0.196. The maximum atomic E-state index is 8.94. The molecule has 0 bridgehead atoms. The van der Waals surface area contributed by atoms with Gasteiger partial charge in [-0.15, -0.1) is 16.4 Å². The number of oxime groups is 1. The molecule has 3 aromatic heterocycles. The summed E-state index contributed by atoms with van der Waals surface area (Å²) in [6.07, 6.45) is 0. The molecule has 0 atom stereocenters. The highest BCUT2D eigenvalue weighted by Gasteiger charge is 2.20. The predicted octanol–water partition coefficient (Wildman–Crippen LogP) is 2.83. The number of nitrogens with zero attached hydrogens (tertiary/aromatic N) is 6. The molecule has 3 heterocycles. The van der Waals surface area contributed by atoms with E-state index in [1.165, 1.54) is 16.0 Å². The lowest BCUT2D eigenvalue weighted by Crippen LogP contribution is -2.04. The van der Waals surface area contributed by atoms with Crippen LogP contribution in [0.15, 0.2) is 51.5 Å². The van der Waals surface area contributed by atoms with Crippen LogP contribution in [0, 0.1) is 0 Å². The topological polar surface area (TPSA) is 128 Å². The molecule has 0 fully saturated rings. The first-order valence-corrected chi connectivity index (χ1v) is 8.44. The third kappa shape index (κ3) is 2.71. The second kappa shape index (κ2) is 6.41. The highest BCUT2D eigenvalue weighted by Crippen LogP contribution is 2.28. The summed E-state index contributed by atoms with van der Waals surface area (Å²) in [7, 11) is 0. The molecule has 26 heavy (non-hydrogen) atoms. The smallest absolute Gasteiger partial charge is 0.282 e. The van der Waals surface area contributed by atoms with Gasteiger partial charge in [-0.3, -0.25) is 0 Å². The zero-order valence-corrected chi connectivity index (χ0v) is 14.4. The van der Waals surface area contributed by atoms with Gasteiger partial charge in [0.05, 0.1) is 16.3 Å². The molecule has 0 spiro atoms. The van der Waals surface area contributed by atoms with Crippen LogP contribution in [0.4, 0.5) is 5.82 Å². The Balaban J connectivity index is 1.71. The van der Waals surface area contributed by atoms with Gasteiger partial charge in [0.15, 0.2) is 11.5 Å². The molecule has 4 rings (SSSR count). The average Bonchev–Trinajstić information content (AvgIpc) is 3.41. The second-order valence-electron chi connectivity index (χ2n) is 5.37. The lowest BCUT2D eigenvalue weighted by molar-refractivity contribution is 0.319. The fourth-order valence-electron chi connectivity index (χ4n) is 2.38. The second-order valence-corrected chi connectivity index (χ2v) is 6.32. The highest BCUT2D eigenvalue weighted by molar-refractivity contribution is 7.13. The van der Waals surface area contributed by atoms with Gasteiger partial charge in [0.1, 0.15) is 0 Å². The van der Waals surface area contributed by atoms with Gasteiger partial charge >= 0.3 is 0 Å². The van der Waals surface area contributed by atoms with Crippen LogP contribution in [-0.4, -0.2) is 36.1 Å². The summed E-state index contributed by atoms with van der Waals surface area (Å²) in [5, 5.41) is 26.2. The Morgan fingerprint density at radius 1 is 1.31 bits per heavy atom. The van der Waals surface area contributed by atoms with E-state index in [1.54, 1.807) is 13.0 Å². The van der Waals surface area contributed by atoms with Crippen molar-refractivity contribution in [3.05, 3.63) is 47.3 Å². The van der Waals surface area contributed by atoms with Crippen molar-refractivity contribution < 1.29 is 9.73 Å². The first-order valence-electron chi connectivity index (χ1n) is 7.56. The average molecular weight is 367 g/mol. The number of aromatic nitrogens is 5. The molecule has 10 heteroatoms. The summed E-state index contributed by atoms with van der Waals surface area (Å²) in [5.74, 6) is 0.934. The fraction of sp³-hybridized carbons (Fsp3) is 0.0625. The predicted molar refractivity (Wildman–Crippen MR) is 96.4 cm³/mol. The number of nitrogens with two attached hydrogens (primary N) is 1. The molecule has 9 nitrogen and oxygen atoms in total. The molecule has 130 valence electrons. The summed E-state index contributed by atoms with van der Waals surface area (Å²) in [4.78, 5) is 5.22. The van der Waals surface area contributed by atoms with Crippen LogP contribution >= 0.6 is 11.3 Å². The highest BCUT2D eigenvalue weighted by atomic mass is 32.1. The first kappa shape index (κ1) is 16.0. The van der Waals surface area contributed by atoms with E-state index in [-0.39, 0.29) is 11.7 Å². The van der Waals surface area contributed by atoms with Crippen molar-refractivity contribution in [2.24, 2.45) is 5.16 Å². The molecule has 0 unspecified atom stereocenters. The van der Waals surface area contributed by atoms with Gasteiger partial charge in [-0.25, -0.2) is 0 Å². The standard InChI is InChI=1S/C16H13N7O2S/c1-9(20-24)10-4-2-5-11(8-10)23-14(17)13(19-22-23)16-18-15(21-25-16)12-6-3-7-26-12/h2-8,24H,17H2,1H3/b20-9+. The van der Waals surface area contributed by atoms with Gasteiger partial charge < -0.3 is 15.5 Å². The maximum absolute atomic E-state index is 8.94. The van der Waals surface area contributed by atoms with Crippen molar-refractivity contribution in [3.8, 4) is 28.0 Å². The van der Waals surface area contributed by atoms with Crippen LogP contribution in [-0.2, 0) is 0 Å². The van der Waals surface area contributed by atoms with E-state index in [9.17, 15) is 0 Å². The third-order valence-corrected chi connectivity index (χ3v) is 4.60. The quantitative estimate of drug-likeness (QED) is 0.322. The van der Waals surface area contributed by atoms with Gasteiger partial charge in [-0.2, -0.15) is 9.67 Å². The van der Waals surface area contributed by atoms with Gasteiger partial charge in [-0.1, -0.05) is 33.7 Å². The molecule has 0 aliphatic heterocycles. The minimum Gasteiger partial charge on any atom is -0.411 e. The van der Waals surface area contributed by atoms with E-state index < -0.39 is 0 Å². The number of hydrogen-bond donors (Lipinski definition) is 2. The normalized spacial score (nSPS) is 11.8. The van der Waals surface area contributed by atoms with Crippen LogP contribution in [0.5, 0.6) is 0 Å². The molecule has 0 saturated heterocycles. The zero-order chi connectivity index (χ0) is 18.1. The zero-order valence-electron chi connectivity index (χ0n) is 13.6. The summed E-state index contributed by atoms with van der Waals surface area (Å²) < 4.78 is 6.74. The number of benzene rings is 1. The molecule has 0 aliphatic carbocycles. The lowest BCUT2D eigenvalue weighted by atomic mass is 10.1. The van der Waals surface area contributed by atoms with Crippen LogP contribution in [0.25, 0.3) is 28.0 Å². The molecule has 0 aliphatic rings. The van der Waals surface area contributed by atoms with E-state index in [2.05, 4.69) is 25.6 Å². The molecule has 3 N–H and O–H groups in total. The van der Waals surface area contributed by atoms with E-state index >= 15 is 0 Å². The third-order valence-electron chi connectivity index (χ3n) is 3.73. The van der Waals surface area contributed by atoms with Crippen LogP contribution in [0.2, 0.25) is 0 Å². The van der Waals surface area contributed by atoms with Crippen molar-refractivity contribution >= 4 is 22.9 Å². The Hall–Kier alpha value is -3.53. The van der Waals surface area contributed by atoms with Crippen LogP contribution in [0.1, 0.15) is 12.5 Å². The Kier molecular flexibility index (Phi) is 3.93. The van der Waals surface area contributed by atoms with Crippen molar-refractivity contribution in [3.63, 3.8) is 0 Å². The number of thiophene rings is 1. The summed E-state index contributed by atoms with van der Waals surface area (Å²) >= 11 is 1.51. The van der Waals surface area contributed by atoms with Crippen molar-refractivity contribution in [1.29, 1.82) is 0 Å². The van der Waals surface area contributed by atoms with Gasteiger partial charge in [0.25, 0.3) is 5.89 Å². The molecular formula is C16H13N7O2S. The Morgan fingerprint density at radius 2 is 2.19 bits per heavy atom. The van der Waals surface area contributed by atoms with Crippen LogP contribution in [0.3, 0.4) is 0 Å². The number of rotatable bonds is 4. The lowest BCUT2D eigenvalue weighted by Gasteiger charge is -2.05. The molecule has 0 amide bonds. The van der Waals surface area contributed by atoms with Gasteiger partial charge in [0.2, 0.25) is 5.82 Å². The largest absolute Gasteiger partial charge is 0.411 e. The molecule has 0 saturated carbocycles. The molecule has 0 radical (unpaired) electrons. The van der Waals surface area contributed by atoms with E-state index in [4.69, 9.17) is 15.5 Å². The van der Waals surface area contributed by atoms with Crippen molar-refractivity contribution in [2.75, 3.05) is 5.73 Å². The van der Waals surface area contributed by atoms with E-state index in [0.717, 1.165) is 10.4 Å². The fourth-order valence-corrected chi connectivity index (χ4v) is 3.03. The first-order chi connectivity index (χ1) is 12.7. The SMILES string of the molecule is C/C(=N\O)c1cccc(-n2nnc(-c3nc(-c4cccs4)no3)c2N)c1. The number of anilines is 1. The molecule has 4 aromatic rings. The maximum Gasteiger partial charge on any atom is 0.282 e. The van der Waals surface area contributed by atoms with Gasteiger partial charge in [-0.05, 0) is 30.5 Å². The minimum atomic E-state index is 0.196.